The quantitative estimate of drug-likeness (QED) is 0.722. The largest absolute Gasteiger partial charge is 0.395 e. The SMILES string of the molecule is OCCNc1cc(=S)nc(C2CCCCC2)[nH]1. The van der Waals surface area contributed by atoms with E-state index in [-0.39, 0.29) is 6.61 Å². The number of aliphatic hydroxyl groups excluding tert-OH is 1. The number of hydrogen-bond donors (Lipinski definition) is 3. The van der Waals surface area contributed by atoms with Gasteiger partial charge in [-0.25, -0.2) is 4.98 Å². The first-order chi connectivity index (χ1) is 8.29. The number of H-pyrrole nitrogens is 1. The van der Waals surface area contributed by atoms with Crippen LogP contribution in [0.25, 0.3) is 0 Å². The Balaban J connectivity index is 2.15. The van der Waals surface area contributed by atoms with E-state index in [0.29, 0.717) is 17.1 Å². The smallest absolute Gasteiger partial charge is 0.131 e. The average molecular weight is 253 g/mol. The van der Waals surface area contributed by atoms with Crippen molar-refractivity contribution in [1.29, 1.82) is 0 Å². The molecule has 1 aliphatic carbocycles. The molecule has 0 saturated heterocycles. The van der Waals surface area contributed by atoms with Gasteiger partial charge in [0.25, 0.3) is 0 Å². The highest BCUT2D eigenvalue weighted by Gasteiger charge is 2.17. The molecule has 1 aliphatic rings. The number of anilines is 1. The standard InChI is InChI=1S/C12H19N3OS/c16-7-6-13-10-8-11(17)15-12(14-10)9-4-2-1-3-5-9/h8-9,16H,1-7H2,(H2,13,14,15,17). The lowest BCUT2D eigenvalue weighted by Crippen LogP contribution is -2.12. The zero-order valence-electron chi connectivity index (χ0n) is 9.91. The minimum absolute atomic E-state index is 0.113. The molecule has 0 spiro atoms. The molecule has 1 aromatic heterocycles. The molecule has 0 aliphatic heterocycles. The molecule has 4 nitrogen and oxygen atoms in total. The zero-order chi connectivity index (χ0) is 12.1. The Bertz CT molecular complexity index is 412. The van der Waals surface area contributed by atoms with Gasteiger partial charge in [-0.1, -0.05) is 31.5 Å². The molecule has 1 fully saturated rings. The Hall–Kier alpha value is -0.940. The van der Waals surface area contributed by atoms with Crippen molar-refractivity contribution in [3.63, 3.8) is 0 Å². The zero-order valence-corrected chi connectivity index (χ0v) is 10.7. The molecule has 94 valence electrons. The summed E-state index contributed by atoms with van der Waals surface area (Å²) in [5, 5.41) is 11.9. The minimum Gasteiger partial charge on any atom is -0.395 e. The van der Waals surface area contributed by atoms with Gasteiger partial charge >= 0.3 is 0 Å². The second kappa shape index (κ2) is 6.12. The number of aromatic amines is 1. The molecular formula is C12H19N3OS. The summed E-state index contributed by atoms with van der Waals surface area (Å²) in [6.45, 7) is 0.640. The summed E-state index contributed by atoms with van der Waals surface area (Å²) in [6.07, 6.45) is 6.28. The van der Waals surface area contributed by atoms with Crippen LogP contribution in [0.3, 0.4) is 0 Å². The molecule has 0 atom stereocenters. The summed E-state index contributed by atoms with van der Waals surface area (Å²) in [5.74, 6) is 2.37. The van der Waals surface area contributed by atoms with Crippen LogP contribution >= 0.6 is 12.2 Å². The summed E-state index contributed by atoms with van der Waals surface area (Å²) < 4.78 is 0.616. The first-order valence-electron chi connectivity index (χ1n) is 6.25. The van der Waals surface area contributed by atoms with Gasteiger partial charge in [0.05, 0.1) is 6.61 Å². The molecule has 3 N–H and O–H groups in total. The number of rotatable bonds is 4. The van der Waals surface area contributed by atoms with Crippen LogP contribution < -0.4 is 5.32 Å². The van der Waals surface area contributed by atoms with Gasteiger partial charge in [-0.15, -0.1) is 0 Å². The van der Waals surface area contributed by atoms with E-state index in [9.17, 15) is 0 Å². The van der Waals surface area contributed by atoms with Crippen molar-refractivity contribution < 1.29 is 5.11 Å². The number of hydrogen-bond acceptors (Lipinski definition) is 4. The third kappa shape index (κ3) is 3.51. The normalized spacial score (nSPS) is 17.0. The molecule has 0 amide bonds. The molecule has 0 aromatic carbocycles. The third-order valence-corrected chi connectivity index (χ3v) is 3.39. The van der Waals surface area contributed by atoms with Gasteiger partial charge in [-0.2, -0.15) is 0 Å². The lowest BCUT2D eigenvalue weighted by molar-refractivity contribution is 0.311. The van der Waals surface area contributed by atoms with Gasteiger partial charge in [-0.3, -0.25) is 0 Å². The Labute approximate surface area is 106 Å². The van der Waals surface area contributed by atoms with E-state index in [1.807, 2.05) is 0 Å². The van der Waals surface area contributed by atoms with Gasteiger partial charge in [-0.05, 0) is 12.8 Å². The highest BCUT2D eigenvalue weighted by molar-refractivity contribution is 7.71. The van der Waals surface area contributed by atoms with Crippen molar-refractivity contribution in [3.05, 3.63) is 16.5 Å². The number of aliphatic hydroxyl groups is 1. The predicted molar refractivity (Wildman–Crippen MR) is 70.8 cm³/mol. The summed E-state index contributed by atoms with van der Waals surface area (Å²) in [4.78, 5) is 7.71. The van der Waals surface area contributed by atoms with E-state index in [1.165, 1.54) is 32.1 Å². The average Bonchev–Trinajstić information content (AvgIpc) is 2.37. The highest BCUT2D eigenvalue weighted by Crippen LogP contribution is 2.30. The van der Waals surface area contributed by atoms with E-state index in [1.54, 1.807) is 6.07 Å². The molecule has 17 heavy (non-hydrogen) atoms. The summed E-state index contributed by atoms with van der Waals surface area (Å²) >= 11 is 5.17. The van der Waals surface area contributed by atoms with Gasteiger partial charge in [0.1, 0.15) is 16.3 Å². The second-order valence-electron chi connectivity index (χ2n) is 4.50. The number of nitrogens with one attached hydrogen (secondary N) is 2. The Kier molecular flexibility index (Phi) is 4.50. The Morgan fingerprint density at radius 2 is 2.18 bits per heavy atom. The van der Waals surface area contributed by atoms with Crippen molar-refractivity contribution in [1.82, 2.24) is 9.97 Å². The van der Waals surface area contributed by atoms with Crippen molar-refractivity contribution in [3.8, 4) is 0 Å². The monoisotopic (exact) mass is 253 g/mol. The van der Waals surface area contributed by atoms with Gasteiger partial charge in [0.15, 0.2) is 0 Å². The molecule has 0 bridgehead atoms. The Morgan fingerprint density at radius 1 is 1.41 bits per heavy atom. The second-order valence-corrected chi connectivity index (χ2v) is 4.92. The van der Waals surface area contributed by atoms with Crippen molar-refractivity contribution >= 4 is 18.0 Å². The Morgan fingerprint density at radius 3 is 2.88 bits per heavy atom. The molecule has 5 heteroatoms. The van der Waals surface area contributed by atoms with Gasteiger partial charge < -0.3 is 15.4 Å². The third-order valence-electron chi connectivity index (χ3n) is 3.18. The first-order valence-corrected chi connectivity index (χ1v) is 6.66. The lowest BCUT2D eigenvalue weighted by atomic mass is 9.89. The maximum atomic E-state index is 8.80. The number of aromatic nitrogens is 2. The maximum absolute atomic E-state index is 8.80. The molecule has 0 radical (unpaired) electrons. The van der Waals surface area contributed by atoms with Crippen LogP contribution in [0.4, 0.5) is 5.82 Å². The van der Waals surface area contributed by atoms with E-state index in [0.717, 1.165) is 11.6 Å². The summed E-state index contributed by atoms with van der Waals surface area (Å²) in [5.41, 5.74) is 0. The van der Waals surface area contributed by atoms with Crippen molar-refractivity contribution in [2.24, 2.45) is 0 Å². The van der Waals surface area contributed by atoms with Crippen LogP contribution in [-0.2, 0) is 0 Å². The molecule has 1 saturated carbocycles. The molecule has 1 heterocycles. The van der Waals surface area contributed by atoms with E-state index < -0.39 is 0 Å². The maximum Gasteiger partial charge on any atom is 0.131 e. The number of nitrogens with zero attached hydrogens (tertiary/aromatic N) is 1. The predicted octanol–water partition coefficient (Wildman–Crippen LogP) is 2.59. The van der Waals surface area contributed by atoms with E-state index in [2.05, 4.69) is 15.3 Å². The van der Waals surface area contributed by atoms with Crippen molar-refractivity contribution in [2.45, 2.75) is 38.0 Å². The highest BCUT2D eigenvalue weighted by atomic mass is 32.1. The van der Waals surface area contributed by atoms with Crippen LogP contribution in [0.1, 0.15) is 43.8 Å². The van der Waals surface area contributed by atoms with E-state index >= 15 is 0 Å². The molecule has 2 rings (SSSR count). The van der Waals surface area contributed by atoms with Crippen LogP contribution in [0.2, 0.25) is 0 Å². The lowest BCUT2D eigenvalue weighted by Gasteiger charge is -2.21. The van der Waals surface area contributed by atoms with Crippen LogP contribution in [0, 0.1) is 4.64 Å². The van der Waals surface area contributed by atoms with Gasteiger partial charge in [0.2, 0.25) is 0 Å². The molecular weight excluding hydrogens is 234 g/mol. The van der Waals surface area contributed by atoms with Crippen LogP contribution in [-0.4, -0.2) is 28.2 Å². The van der Waals surface area contributed by atoms with Crippen molar-refractivity contribution in [2.75, 3.05) is 18.5 Å². The fourth-order valence-electron chi connectivity index (χ4n) is 2.33. The van der Waals surface area contributed by atoms with Crippen LogP contribution in [0.5, 0.6) is 0 Å². The fraction of sp³-hybridized carbons (Fsp3) is 0.667. The summed E-state index contributed by atoms with van der Waals surface area (Å²) in [7, 11) is 0. The summed E-state index contributed by atoms with van der Waals surface area (Å²) in [6, 6.07) is 1.80. The first kappa shape index (κ1) is 12.5. The fourth-order valence-corrected chi connectivity index (χ4v) is 2.55. The topological polar surface area (TPSA) is 60.9 Å². The van der Waals surface area contributed by atoms with E-state index in [4.69, 9.17) is 17.3 Å². The minimum atomic E-state index is 0.113. The molecule has 1 aromatic rings. The molecule has 0 unspecified atom stereocenters. The van der Waals surface area contributed by atoms with Gasteiger partial charge in [0, 0.05) is 18.5 Å². The van der Waals surface area contributed by atoms with Crippen LogP contribution in [0.15, 0.2) is 6.07 Å².